The number of ether oxygens (including phenoxy) is 1. The Morgan fingerprint density at radius 2 is 1.88 bits per heavy atom. The minimum atomic E-state index is -3.63. The van der Waals surface area contributed by atoms with Crippen molar-refractivity contribution in [3.05, 3.63) is 53.5 Å². The van der Waals surface area contributed by atoms with Gasteiger partial charge in [0.1, 0.15) is 5.76 Å². The van der Waals surface area contributed by atoms with Gasteiger partial charge in [-0.2, -0.15) is 4.31 Å². The molecule has 0 aliphatic rings. The van der Waals surface area contributed by atoms with Gasteiger partial charge in [0.25, 0.3) is 5.91 Å². The number of nitrogens with one attached hydrogen (secondary N) is 1. The molecule has 0 aliphatic carbocycles. The number of hydrogen-bond acceptors (Lipinski definition) is 5. The van der Waals surface area contributed by atoms with E-state index in [1.54, 1.807) is 37.4 Å². The molecule has 0 aliphatic heterocycles. The van der Waals surface area contributed by atoms with Crippen molar-refractivity contribution in [3.63, 3.8) is 0 Å². The van der Waals surface area contributed by atoms with Crippen LogP contribution in [0.2, 0.25) is 0 Å². The van der Waals surface area contributed by atoms with Crippen molar-refractivity contribution < 1.29 is 22.4 Å². The molecule has 1 N–H and O–H groups in total. The minimum absolute atomic E-state index is 0.0349. The molecule has 26 heavy (non-hydrogen) atoms. The Kier molecular flexibility index (Phi) is 6.96. The van der Waals surface area contributed by atoms with Crippen LogP contribution in [0.25, 0.3) is 0 Å². The lowest BCUT2D eigenvalue weighted by atomic mass is 10.2. The Morgan fingerprint density at radius 1 is 1.19 bits per heavy atom. The predicted octanol–water partition coefficient (Wildman–Crippen LogP) is 2.18. The molecule has 1 heterocycles. The molecule has 0 atom stereocenters. The van der Waals surface area contributed by atoms with E-state index in [4.69, 9.17) is 9.15 Å². The van der Waals surface area contributed by atoms with Crippen LogP contribution in [0.5, 0.6) is 0 Å². The van der Waals surface area contributed by atoms with Gasteiger partial charge in [-0.15, -0.1) is 0 Å². The summed E-state index contributed by atoms with van der Waals surface area (Å²) in [5, 5.41) is 2.72. The minimum Gasteiger partial charge on any atom is -0.455 e. The Labute approximate surface area is 154 Å². The second-order valence-corrected chi connectivity index (χ2v) is 7.99. The highest BCUT2D eigenvalue weighted by molar-refractivity contribution is 7.89. The monoisotopic (exact) mass is 380 g/mol. The summed E-state index contributed by atoms with van der Waals surface area (Å²) in [6, 6.07) is 9.78. The summed E-state index contributed by atoms with van der Waals surface area (Å²) in [7, 11) is -0.553. The second-order valence-electron chi connectivity index (χ2n) is 5.94. The van der Waals surface area contributed by atoms with Crippen molar-refractivity contribution in [1.29, 1.82) is 0 Å². The zero-order valence-corrected chi connectivity index (χ0v) is 16.0. The lowest BCUT2D eigenvalue weighted by Crippen LogP contribution is -2.26. The molecule has 0 radical (unpaired) electrons. The number of aryl methyl sites for hydroxylation is 1. The molecule has 1 amide bonds. The Hall–Kier alpha value is -2.16. The Morgan fingerprint density at radius 3 is 2.54 bits per heavy atom. The van der Waals surface area contributed by atoms with Gasteiger partial charge in [-0.05, 0) is 37.6 Å². The molecule has 2 aromatic rings. The van der Waals surface area contributed by atoms with Gasteiger partial charge in [-0.1, -0.05) is 17.7 Å². The molecule has 7 nitrogen and oxygen atoms in total. The molecule has 0 spiro atoms. The maximum Gasteiger partial charge on any atom is 0.286 e. The summed E-state index contributed by atoms with van der Waals surface area (Å²) in [6.07, 6.45) is 0.702. The fourth-order valence-electron chi connectivity index (χ4n) is 2.29. The summed E-state index contributed by atoms with van der Waals surface area (Å²) in [6.45, 7) is 2.97. The van der Waals surface area contributed by atoms with Gasteiger partial charge < -0.3 is 14.5 Å². The summed E-state index contributed by atoms with van der Waals surface area (Å²) >= 11 is 0. The first-order chi connectivity index (χ1) is 12.3. The number of sulfonamides is 1. The van der Waals surface area contributed by atoms with E-state index >= 15 is 0 Å². The van der Waals surface area contributed by atoms with E-state index in [0.717, 1.165) is 5.56 Å². The van der Waals surface area contributed by atoms with E-state index < -0.39 is 10.0 Å². The lowest BCUT2D eigenvalue weighted by molar-refractivity contribution is 0.0918. The van der Waals surface area contributed by atoms with Crippen LogP contribution in [0.1, 0.15) is 28.3 Å². The predicted molar refractivity (Wildman–Crippen MR) is 97.4 cm³/mol. The van der Waals surface area contributed by atoms with Gasteiger partial charge in [0, 0.05) is 27.3 Å². The van der Waals surface area contributed by atoms with Crippen LogP contribution in [0, 0.1) is 6.92 Å². The number of nitrogens with zero attached hydrogens (tertiary/aromatic N) is 1. The van der Waals surface area contributed by atoms with Crippen LogP contribution in [0.4, 0.5) is 0 Å². The van der Waals surface area contributed by atoms with Crippen LogP contribution in [0.15, 0.2) is 45.7 Å². The van der Waals surface area contributed by atoms with E-state index in [9.17, 15) is 13.2 Å². The molecule has 0 saturated heterocycles. The summed E-state index contributed by atoms with van der Waals surface area (Å²) in [5.74, 6) is 0.208. The zero-order chi connectivity index (χ0) is 19.2. The van der Waals surface area contributed by atoms with Gasteiger partial charge in [-0.3, -0.25) is 4.79 Å². The fourth-order valence-corrected chi connectivity index (χ4v) is 3.42. The average molecular weight is 380 g/mol. The van der Waals surface area contributed by atoms with Crippen molar-refractivity contribution in [2.24, 2.45) is 0 Å². The molecule has 8 heteroatoms. The maximum atomic E-state index is 12.6. The Bertz CT molecular complexity index is 828. The first kappa shape index (κ1) is 20.2. The fraction of sp³-hybridized carbons (Fsp3) is 0.389. The van der Waals surface area contributed by atoms with Gasteiger partial charge in [0.05, 0.1) is 11.4 Å². The van der Waals surface area contributed by atoms with E-state index in [1.165, 1.54) is 17.4 Å². The zero-order valence-electron chi connectivity index (χ0n) is 15.2. The number of carbonyl (C=O) groups is 1. The molecular weight excluding hydrogens is 356 g/mol. The lowest BCUT2D eigenvalue weighted by Gasteiger charge is -2.16. The highest BCUT2D eigenvalue weighted by Crippen LogP contribution is 2.18. The first-order valence-electron chi connectivity index (χ1n) is 8.23. The van der Waals surface area contributed by atoms with Crippen LogP contribution in [-0.4, -0.2) is 45.9 Å². The van der Waals surface area contributed by atoms with Gasteiger partial charge in [0.15, 0.2) is 5.76 Å². The molecule has 0 bridgehead atoms. The quantitative estimate of drug-likeness (QED) is 0.674. The van der Waals surface area contributed by atoms with Crippen molar-refractivity contribution >= 4 is 15.9 Å². The number of hydrogen-bond donors (Lipinski definition) is 1. The van der Waals surface area contributed by atoms with E-state index in [-0.39, 0.29) is 23.1 Å². The number of methoxy groups -OCH3 is 1. The first-order valence-corrected chi connectivity index (χ1v) is 9.67. The molecule has 2 rings (SSSR count). The third-order valence-electron chi connectivity index (χ3n) is 3.80. The van der Waals surface area contributed by atoms with E-state index in [0.29, 0.717) is 25.3 Å². The van der Waals surface area contributed by atoms with Gasteiger partial charge in [0.2, 0.25) is 10.0 Å². The summed E-state index contributed by atoms with van der Waals surface area (Å²) < 4.78 is 36.7. The highest BCUT2D eigenvalue weighted by atomic mass is 32.2. The standard InChI is InChI=1S/C18H24N2O5S/c1-14-5-8-16(9-6-14)26(22,23)20(2)13-15-7-10-17(25-15)18(21)19-11-4-12-24-3/h5-10H,4,11-13H2,1-3H3,(H,19,21). The number of furan rings is 1. The number of rotatable bonds is 9. The van der Waals surface area contributed by atoms with Gasteiger partial charge >= 0.3 is 0 Å². The number of amides is 1. The van der Waals surface area contributed by atoms with Crippen LogP contribution < -0.4 is 5.32 Å². The molecule has 0 fully saturated rings. The average Bonchev–Trinajstić information content (AvgIpc) is 3.07. The third kappa shape index (κ3) is 5.17. The molecule has 0 unspecified atom stereocenters. The third-order valence-corrected chi connectivity index (χ3v) is 5.62. The normalized spacial score (nSPS) is 11.7. The molecule has 142 valence electrons. The van der Waals surface area contributed by atoms with E-state index in [2.05, 4.69) is 5.32 Å². The smallest absolute Gasteiger partial charge is 0.286 e. The highest BCUT2D eigenvalue weighted by Gasteiger charge is 2.22. The second kappa shape index (κ2) is 8.98. The molecule has 1 aromatic heterocycles. The van der Waals surface area contributed by atoms with Crippen molar-refractivity contribution in [1.82, 2.24) is 9.62 Å². The SMILES string of the molecule is COCCCNC(=O)c1ccc(CN(C)S(=O)(=O)c2ccc(C)cc2)o1. The van der Waals surface area contributed by atoms with E-state index in [1.807, 2.05) is 6.92 Å². The number of benzene rings is 1. The summed E-state index contributed by atoms with van der Waals surface area (Å²) in [5.41, 5.74) is 0.985. The number of carbonyl (C=O) groups excluding carboxylic acids is 1. The van der Waals surface area contributed by atoms with Crippen LogP contribution >= 0.6 is 0 Å². The van der Waals surface area contributed by atoms with Crippen LogP contribution in [-0.2, 0) is 21.3 Å². The summed E-state index contributed by atoms with van der Waals surface area (Å²) in [4.78, 5) is 12.2. The molecule has 1 aromatic carbocycles. The molecule has 0 saturated carbocycles. The maximum absolute atomic E-state index is 12.6. The van der Waals surface area contributed by atoms with Gasteiger partial charge in [-0.25, -0.2) is 8.42 Å². The molecular formula is C18H24N2O5S. The largest absolute Gasteiger partial charge is 0.455 e. The van der Waals surface area contributed by atoms with Crippen molar-refractivity contribution in [2.75, 3.05) is 27.3 Å². The Balaban J connectivity index is 1.99. The van der Waals surface area contributed by atoms with Crippen molar-refractivity contribution in [3.8, 4) is 0 Å². The topological polar surface area (TPSA) is 88.9 Å². The van der Waals surface area contributed by atoms with Crippen molar-refractivity contribution in [2.45, 2.75) is 24.8 Å². The van der Waals surface area contributed by atoms with Crippen LogP contribution in [0.3, 0.4) is 0 Å².